The minimum absolute atomic E-state index is 0.402. The Labute approximate surface area is 106 Å². The first-order valence-electron chi connectivity index (χ1n) is 7.09. The highest BCUT2D eigenvalue weighted by molar-refractivity contribution is 5.22. The molecule has 0 bridgehead atoms. The molecule has 0 aliphatic rings. The van der Waals surface area contributed by atoms with Gasteiger partial charge < -0.3 is 5.73 Å². The van der Waals surface area contributed by atoms with Crippen molar-refractivity contribution < 1.29 is 0 Å². The first kappa shape index (κ1) is 14.2. The molecule has 0 spiro atoms. The van der Waals surface area contributed by atoms with Crippen LogP contribution in [0.1, 0.15) is 57.1 Å². The lowest BCUT2D eigenvalue weighted by Crippen LogP contribution is -2.19. The van der Waals surface area contributed by atoms with E-state index in [0.29, 0.717) is 6.04 Å². The highest BCUT2D eigenvalue weighted by Gasteiger charge is 2.01. The Kier molecular flexibility index (Phi) is 6.95. The van der Waals surface area contributed by atoms with Gasteiger partial charge >= 0.3 is 0 Å². The molecule has 0 fully saturated rings. The van der Waals surface area contributed by atoms with E-state index in [0.717, 1.165) is 12.8 Å². The maximum absolute atomic E-state index is 6.01. The first-order valence-corrected chi connectivity index (χ1v) is 7.09. The number of rotatable bonds is 8. The standard InChI is InChI=1S/C16H27N/c1-3-6-14-10-12-15(13-11-14)8-5-9-16(17)7-4-2/h10-13,16H,3-9,17H2,1-2H3. The summed E-state index contributed by atoms with van der Waals surface area (Å²) in [5, 5.41) is 0. The monoisotopic (exact) mass is 233 g/mol. The smallest absolute Gasteiger partial charge is 0.00388 e. The lowest BCUT2D eigenvalue weighted by molar-refractivity contribution is 0.539. The zero-order valence-electron chi connectivity index (χ0n) is 11.4. The number of hydrogen-bond acceptors (Lipinski definition) is 1. The van der Waals surface area contributed by atoms with Gasteiger partial charge in [0, 0.05) is 6.04 Å². The van der Waals surface area contributed by atoms with E-state index in [1.165, 1.54) is 43.2 Å². The van der Waals surface area contributed by atoms with Gasteiger partial charge in [0.05, 0.1) is 0 Å². The summed E-state index contributed by atoms with van der Waals surface area (Å²) >= 11 is 0. The van der Waals surface area contributed by atoms with Gasteiger partial charge in [0.1, 0.15) is 0 Å². The summed E-state index contributed by atoms with van der Waals surface area (Å²) in [4.78, 5) is 0. The van der Waals surface area contributed by atoms with Crippen LogP contribution in [0.5, 0.6) is 0 Å². The van der Waals surface area contributed by atoms with Crippen LogP contribution in [-0.4, -0.2) is 6.04 Å². The maximum Gasteiger partial charge on any atom is 0.00388 e. The van der Waals surface area contributed by atoms with Crippen molar-refractivity contribution in [3.8, 4) is 0 Å². The van der Waals surface area contributed by atoms with E-state index >= 15 is 0 Å². The third kappa shape index (κ3) is 5.88. The lowest BCUT2D eigenvalue weighted by Gasteiger charge is -2.09. The van der Waals surface area contributed by atoms with Gasteiger partial charge in [-0.1, -0.05) is 51.0 Å². The summed E-state index contributed by atoms with van der Waals surface area (Å²) in [6, 6.07) is 9.49. The molecule has 0 saturated carbocycles. The van der Waals surface area contributed by atoms with Crippen LogP contribution >= 0.6 is 0 Å². The molecule has 1 rings (SSSR count). The fourth-order valence-corrected chi connectivity index (χ4v) is 2.24. The summed E-state index contributed by atoms with van der Waals surface area (Å²) in [7, 11) is 0. The van der Waals surface area contributed by atoms with Crippen molar-refractivity contribution in [3.05, 3.63) is 35.4 Å². The van der Waals surface area contributed by atoms with Crippen molar-refractivity contribution in [3.63, 3.8) is 0 Å². The van der Waals surface area contributed by atoms with Gasteiger partial charge in [-0.3, -0.25) is 0 Å². The lowest BCUT2D eigenvalue weighted by atomic mass is 10.0. The van der Waals surface area contributed by atoms with Crippen molar-refractivity contribution in [2.24, 2.45) is 5.73 Å². The van der Waals surface area contributed by atoms with Crippen LogP contribution in [0.25, 0.3) is 0 Å². The van der Waals surface area contributed by atoms with E-state index in [1.807, 2.05) is 0 Å². The molecule has 2 N–H and O–H groups in total. The van der Waals surface area contributed by atoms with Crippen LogP contribution < -0.4 is 5.73 Å². The average molecular weight is 233 g/mol. The molecular weight excluding hydrogens is 206 g/mol. The molecule has 0 saturated heterocycles. The second kappa shape index (κ2) is 8.30. The highest BCUT2D eigenvalue weighted by Crippen LogP contribution is 2.11. The Morgan fingerprint density at radius 1 is 0.882 bits per heavy atom. The van der Waals surface area contributed by atoms with Gasteiger partial charge in [0.25, 0.3) is 0 Å². The molecule has 0 heterocycles. The van der Waals surface area contributed by atoms with Crippen molar-refractivity contribution >= 4 is 0 Å². The van der Waals surface area contributed by atoms with Crippen molar-refractivity contribution in [2.75, 3.05) is 0 Å². The molecule has 0 aliphatic heterocycles. The Morgan fingerprint density at radius 2 is 1.47 bits per heavy atom. The van der Waals surface area contributed by atoms with Gasteiger partial charge in [0.15, 0.2) is 0 Å². The molecule has 0 amide bonds. The van der Waals surface area contributed by atoms with Crippen LogP contribution in [0.4, 0.5) is 0 Å². The summed E-state index contributed by atoms with van der Waals surface area (Å²) in [6.07, 6.45) is 8.33. The van der Waals surface area contributed by atoms with Crippen molar-refractivity contribution in [1.29, 1.82) is 0 Å². The summed E-state index contributed by atoms with van der Waals surface area (Å²) < 4.78 is 0. The summed E-state index contributed by atoms with van der Waals surface area (Å²) in [5.41, 5.74) is 8.92. The fraction of sp³-hybridized carbons (Fsp3) is 0.625. The molecule has 0 aliphatic carbocycles. The van der Waals surface area contributed by atoms with Crippen LogP contribution in [0.15, 0.2) is 24.3 Å². The van der Waals surface area contributed by atoms with Crippen molar-refractivity contribution in [2.45, 2.75) is 64.8 Å². The van der Waals surface area contributed by atoms with Crippen LogP contribution in [-0.2, 0) is 12.8 Å². The van der Waals surface area contributed by atoms with Gasteiger partial charge in [-0.05, 0) is 43.2 Å². The first-order chi connectivity index (χ1) is 8.26. The zero-order chi connectivity index (χ0) is 12.5. The molecule has 1 heteroatoms. The average Bonchev–Trinajstić information content (AvgIpc) is 2.32. The molecule has 96 valence electrons. The number of benzene rings is 1. The Morgan fingerprint density at radius 3 is 2.00 bits per heavy atom. The molecule has 1 aromatic rings. The van der Waals surface area contributed by atoms with Crippen LogP contribution in [0.3, 0.4) is 0 Å². The van der Waals surface area contributed by atoms with Gasteiger partial charge in [-0.2, -0.15) is 0 Å². The third-order valence-corrected chi connectivity index (χ3v) is 3.26. The minimum atomic E-state index is 0.402. The van der Waals surface area contributed by atoms with Gasteiger partial charge in [0.2, 0.25) is 0 Å². The van der Waals surface area contributed by atoms with Gasteiger partial charge in [-0.15, -0.1) is 0 Å². The molecule has 17 heavy (non-hydrogen) atoms. The Balaban J connectivity index is 2.27. The molecule has 0 aromatic heterocycles. The predicted molar refractivity (Wildman–Crippen MR) is 76.3 cm³/mol. The third-order valence-electron chi connectivity index (χ3n) is 3.26. The number of nitrogens with two attached hydrogens (primary N) is 1. The Bertz CT molecular complexity index is 289. The number of hydrogen-bond donors (Lipinski definition) is 1. The van der Waals surface area contributed by atoms with E-state index in [9.17, 15) is 0 Å². The minimum Gasteiger partial charge on any atom is -0.328 e. The number of aryl methyl sites for hydroxylation is 2. The van der Waals surface area contributed by atoms with Crippen LogP contribution in [0, 0.1) is 0 Å². The van der Waals surface area contributed by atoms with Gasteiger partial charge in [-0.25, -0.2) is 0 Å². The topological polar surface area (TPSA) is 26.0 Å². The molecule has 1 nitrogen and oxygen atoms in total. The molecular formula is C16H27N. The largest absolute Gasteiger partial charge is 0.328 e. The van der Waals surface area contributed by atoms with E-state index in [2.05, 4.69) is 38.1 Å². The van der Waals surface area contributed by atoms with E-state index in [-0.39, 0.29) is 0 Å². The summed E-state index contributed by atoms with van der Waals surface area (Å²) in [5.74, 6) is 0. The highest BCUT2D eigenvalue weighted by atomic mass is 14.6. The molecule has 0 radical (unpaired) electrons. The quantitative estimate of drug-likeness (QED) is 0.719. The van der Waals surface area contributed by atoms with Crippen LogP contribution in [0.2, 0.25) is 0 Å². The second-order valence-electron chi connectivity index (χ2n) is 5.01. The molecule has 1 unspecified atom stereocenters. The Hall–Kier alpha value is -0.820. The summed E-state index contributed by atoms with van der Waals surface area (Å²) in [6.45, 7) is 4.43. The zero-order valence-corrected chi connectivity index (χ0v) is 11.4. The van der Waals surface area contributed by atoms with E-state index < -0.39 is 0 Å². The second-order valence-corrected chi connectivity index (χ2v) is 5.01. The van der Waals surface area contributed by atoms with E-state index in [4.69, 9.17) is 5.73 Å². The maximum atomic E-state index is 6.01. The normalized spacial score (nSPS) is 12.6. The van der Waals surface area contributed by atoms with E-state index in [1.54, 1.807) is 0 Å². The SMILES string of the molecule is CCCc1ccc(CCCC(N)CCC)cc1. The predicted octanol–water partition coefficient (Wildman–Crippen LogP) is 4.09. The fourth-order valence-electron chi connectivity index (χ4n) is 2.24. The molecule has 1 atom stereocenters. The van der Waals surface area contributed by atoms with Crippen molar-refractivity contribution in [1.82, 2.24) is 0 Å². The molecule has 1 aromatic carbocycles.